The third kappa shape index (κ3) is 1.33. The van der Waals surface area contributed by atoms with Crippen LogP contribution in [0.15, 0.2) is 36.9 Å². The minimum absolute atomic E-state index is 0.265. The lowest BCUT2D eigenvalue weighted by molar-refractivity contribution is 0.628. The number of imidazole rings is 1. The number of aromatic nitrogens is 4. The topological polar surface area (TPSA) is 54.5 Å². The fraction of sp³-hybridized carbons (Fsp3) is 0. The van der Waals surface area contributed by atoms with Gasteiger partial charge in [0.25, 0.3) is 0 Å². The van der Waals surface area contributed by atoms with Crippen molar-refractivity contribution in [1.82, 2.24) is 19.9 Å². The fourth-order valence-corrected chi connectivity index (χ4v) is 1.59. The Balaban J connectivity index is 2.25. The van der Waals surface area contributed by atoms with Gasteiger partial charge in [0.15, 0.2) is 5.65 Å². The number of halogens is 1. The van der Waals surface area contributed by atoms with Gasteiger partial charge in [-0.25, -0.2) is 19.3 Å². The standard InChI is InChI=1S/C11H7FN4/c12-8-3-1-7(2-4-8)9-10-11(15-5-13-9)16-6-14-10/h1-6H,(H,13,14,15,16). The van der Waals surface area contributed by atoms with Crippen LogP contribution in [0.5, 0.6) is 0 Å². The summed E-state index contributed by atoms with van der Waals surface area (Å²) in [6.45, 7) is 0. The Morgan fingerprint density at radius 3 is 2.62 bits per heavy atom. The molecular weight excluding hydrogens is 207 g/mol. The Morgan fingerprint density at radius 1 is 1.00 bits per heavy atom. The molecule has 0 radical (unpaired) electrons. The average Bonchev–Trinajstić information content (AvgIpc) is 2.78. The number of hydrogen-bond donors (Lipinski definition) is 1. The molecule has 0 saturated carbocycles. The molecule has 0 saturated heterocycles. The highest BCUT2D eigenvalue weighted by molar-refractivity contribution is 5.86. The molecule has 4 nitrogen and oxygen atoms in total. The number of rotatable bonds is 1. The third-order valence-electron chi connectivity index (χ3n) is 2.34. The predicted octanol–water partition coefficient (Wildman–Crippen LogP) is 2.16. The lowest BCUT2D eigenvalue weighted by atomic mass is 10.1. The van der Waals surface area contributed by atoms with Crippen LogP contribution in [0.25, 0.3) is 22.4 Å². The number of aromatic amines is 1. The molecule has 0 fully saturated rings. The minimum atomic E-state index is -0.265. The molecule has 0 aliphatic rings. The van der Waals surface area contributed by atoms with Crippen molar-refractivity contribution in [2.45, 2.75) is 0 Å². The summed E-state index contributed by atoms with van der Waals surface area (Å²) < 4.78 is 12.8. The van der Waals surface area contributed by atoms with Gasteiger partial charge in [-0.2, -0.15) is 0 Å². The number of nitrogens with one attached hydrogen (secondary N) is 1. The van der Waals surface area contributed by atoms with Crippen LogP contribution >= 0.6 is 0 Å². The van der Waals surface area contributed by atoms with Gasteiger partial charge in [-0.3, -0.25) is 0 Å². The first-order chi connectivity index (χ1) is 7.84. The molecule has 1 N–H and O–H groups in total. The maximum atomic E-state index is 12.8. The van der Waals surface area contributed by atoms with Crippen LogP contribution in [0.2, 0.25) is 0 Å². The lowest BCUT2D eigenvalue weighted by Gasteiger charge is -2.00. The van der Waals surface area contributed by atoms with Gasteiger partial charge in [0.2, 0.25) is 0 Å². The van der Waals surface area contributed by atoms with Gasteiger partial charge in [-0.1, -0.05) is 0 Å². The second-order valence-electron chi connectivity index (χ2n) is 3.33. The fourth-order valence-electron chi connectivity index (χ4n) is 1.59. The molecule has 0 unspecified atom stereocenters. The molecule has 0 spiro atoms. The van der Waals surface area contributed by atoms with Crippen molar-refractivity contribution in [1.29, 1.82) is 0 Å². The summed E-state index contributed by atoms with van der Waals surface area (Å²) in [6.07, 6.45) is 3.01. The van der Waals surface area contributed by atoms with Crippen molar-refractivity contribution < 1.29 is 4.39 Å². The van der Waals surface area contributed by atoms with Gasteiger partial charge in [0.1, 0.15) is 17.7 Å². The number of H-pyrrole nitrogens is 1. The zero-order valence-corrected chi connectivity index (χ0v) is 8.18. The van der Waals surface area contributed by atoms with E-state index in [9.17, 15) is 4.39 Å². The van der Waals surface area contributed by atoms with E-state index in [1.807, 2.05) is 0 Å². The van der Waals surface area contributed by atoms with E-state index in [1.165, 1.54) is 18.5 Å². The van der Waals surface area contributed by atoms with E-state index >= 15 is 0 Å². The van der Waals surface area contributed by atoms with E-state index in [1.54, 1.807) is 18.5 Å². The van der Waals surface area contributed by atoms with Crippen molar-refractivity contribution in [3.63, 3.8) is 0 Å². The van der Waals surface area contributed by atoms with Crippen LogP contribution < -0.4 is 0 Å². The molecule has 3 rings (SSSR count). The number of hydrogen-bond acceptors (Lipinski definition) is 3. The summed E-state index contributed by atoms with van der Waals surface area (Å²) in [5, 5.41) is 0. The van der Waals surface area contributed by atoms with E-state index in [0.717, 1.165) is 16.8 Å². The third-order valence-corrected chi connectivity index (χ3v) is 2.34. The highest BCUT2D eigenvalue weighted by Crippen LogP contribution is 2.22. The highest BCUT2D eigenvalue weighted by atomic mass is 19.1. The van der Waals surface area contributed by atoms with E-state index < -0.39 is 0 Å². The number of nitrogens with zero attached hydrogens (tertiary/aromatic N) is 3. The smallest absolute Gasteiger partial charge is 0.181 e. The van der Waals surface area contributed by atoms with Gasteiger partial charge in [-0.15, -0.1) is 0 Å². The molecule has 16 heavy (non-hydrogen) atoms. The Labute approximate surface area is 90.2 Å². The first-order valence-corrected chi connectivity index (χ1v) is 4.74. The molecular formula is C11H7FN4. The first-order valence-electron chi connectivity index (χ1n) is 4.74. The van der Waals surface area contributed by atoms with Crippen LogP contribution in [0, 0.1) is 5.82 Å². The van der Waals surface area contributed by atoms with Crippen LogP contribution in [-0.4, -0.2) is 19.9 Å². The van der Waals surface area contributed by atoms with Gasteiger partial charge in [0.05, 0.1) is 12.0 Å². The van der Waals surface area contributed by atoms with Crippen LogP contribution in [0.1, 0.15) is 0 Å². The number of fused-ring (bicyclic) bond motifs is 1. The zero-order valence-electron chi connectivity index (χ0n) is 8.18. The van der Waals surface area contributed by atoms with Crippen molar-refractivity contribution >= 4 is 11.2 Å². The van der Waals surface area contributed by atoms with E-state index in [4.69, 9.17) is 0 Å². The van der Waals surface area contributed by atoms with Crippen LogP contribution in [0.3, 0.4) is 0 Å². The average molecular weight is 214 g/mol. The van der Waals surface area contributed by atoms with Gasteiger partial charge in [0, 0.05) is 5.56 Å². The van der Waals surface area contributed by atoms with Crippen LogP contribution in [0.4, 0.5) is 4.39 Å². The van der Waals surface area contributed by atoms with E-state index in [0.29, 0.717) is 5.65 Å². The maximum Gasteiger partial charge on any atom is 0.181 e. The minimum Gasteiger partial charge on any atom is -0.341 e. The van der Waals surface area contributed by atoms with Crippen molar-refractivity contribution in [3.8, 4) is 11.3 Å². The molecule has 5 heteroatoms. The lowest BCUT2D eigenvalue weighted by Crippen LogP contribution is -1.88. The monoisotopic (exact) mass is 214 g/mol. The van der Waals surface area contributed by atoms with Crippen molar-refractivity contribution in [2.24, 2.45) is 0 Å². The summed E-state index contributed by atoms with van der Waals surface area (Å²) >= 11 is 0. The summed E-state index contributed by atoms with van der Waals surface area (Å²) in [5.41, 5.74) is 2.92. The zero-order chi connectivity index (χ0) is 11.0. The van der Waals surface area contributed by atoms with E-state index in [2.05, 4.69) is 19.9 Å². The molecule has 1 aromatic carbocycles. The first kappa shape index (κ1) is 8.96. The summed E-state index contributed by atoms with van der Waals surface area (Å²) in [5.74, 6) is -0.265. The molecule has 0 amide bonds. The van der Waals surface area contributed by atoms with Crippen molar-refractivity contribution in [2.75, 3.05) is 0 Å². The van der Waals surface area contributed by atoms with Crippen LogP contribution in [-0.2, 0) is 0 Å². The second kappa shape index (κ2) is 3.37. The molecule has 0 aliphatic carbocycles. The van der Waals surface area contributed by atoms with Crippen molar-refractivity contribution in [3.05, 3.63) is 42.7 Å². The van der Waals surface area contributed by atoms with Gasteiger partial charge in [-0.05, 0) is 24.3 Å². The second-order valence-corrected chi connectivity index (χ2v) is 3.33. The Bertz CT molecular complexity index is 630. The van der Waals surface area contributed by atoms with Gasteiger partial charge < -0.3 is 4.98 Å². The molecule has 2 aromatic heterocycles. The summed E-state index contributed by atoms with van der Waals surface area (Å²) in [6, 6.07) is 6.16. The Morgan fingerprint density at radius 2 is 1.81 bits per heavy atom. The largest absolute Gasteiger partial charge is 0.341 e. The molecule has 0 atom stereocenters. The quantitative estimate of drug-likeness (QED) is 0.675. The molecule has 0 aliphatic heterocycles. The molecule has 0 bridgehead atoms. The highest BCUT2D eigenvalue weighted by Gasteiger charge is 2.07. The van der Waals surface area contributed by atoms with Gasteiger partial charge >= 0.3 is 0 Å². The summed E-state index contributed by atoms with van der Waals surface area (Å²) in [7, 11) is 0. The Hall–Kier alpha value is -2.30. The molecule has 2 heterocycles. The Kier molecular flexibility index (Phi) is 1.89. The molecule has 3 aromatic rings. The van der Waals surface area contributed by atoms with E-state index in [-0.39, 0.29) is 5.82 Å². The normalized spacial score (nSPS) is 10.8. The SMILES string of the molecule is Fc1ccc(-c2ncnc3nc[nH]c23)cc1. The predicted molar refractivity (Wildman–Crippen MR) is 57.1 cm³/mol. The molecule has 78 valence electrons. The summed E-state index contributed by atoms with van der Waals surface area (Å²) in [4.78, 5) is 15.2. The number of benzene rings is 1. The maximum absolute atomic E-state index is 12.8.